The molecule has 30 heavy (non-hydrogen) atoms. The first-order chi connectivity index (χ1) is 14.6. The van der Waals surface area contributed by atoms with E-state index in [0.717, 1.165) is 38.0 Å². The molecule has 1 aliphatic carbocycles. The maximum Gasteiger partial charge on any atom is 0.262 e. The van der Waals surface area contributed by atoms with Gasteiger partial charge in [0.1, 0.15) is 0 Å². The Balaban J connectivity index is 1.42. The summed E-state index contributed by atoms with van der Waals surface area (Å²) in [6.45, 7) is 1.18. The molecule has 154 valence electrons. The smallest absolute Gasteiger partial charge is 0.262 e. The van der Waals surface area contributed by atoms with Crippen LogP contribution in [0, 0.1) is 4.77 Å². The second-order valence-corrected chi connectivity index (χ2v) is 8.42. The monoisotopic (exact) mass is 421 g/mol. The number of nitrogens with zero attached hydrogens (tertiary/aromatic N) is 1. The molecule has 5 rings (SSSR count). The Hall–Kier alpha value is -2.77. The van der Waals surface area contributed by atoms with Gasteiger partial charge in [0, 0.05) is 17.9 Å². The molecule has 6 nitrogen and oxygen atoms in total. The molecule has 2 heterocycles. The van der Waals surface area contributed by atoms with Gasteiger partial charge in [-0.2, -0.15) is 0 Å². The molecule has 1 fully saturated rings. The first-order valence-corrected chi connectivity index (χ1v) is 10.8. The Morgan fingerprint density at radius 3 is 2.87 bits per heavy atom. The molecule has 2 aromatic carbocycles. The number of hydrogen-bond acceptors (Lipinski definition) is 4. The normalized spacial score (nSPS) is 17.9. The topological polar surface area (TPSA) is 76.1 Å². The molecule has 0 spiro atoms. The number of aromatic nitrogens is 2. The quantitative estimate of drug-likeness (QED) is 0.625. The van der Waals surface area contributed by atoms with Crippen molar-refractivity contribution in [2.45, 2.75) is 44.8 Å². The van der Waals surface area contributed by atoms with Gasteiger partial charge in [-0.1, -0.05) is 6.07 Å². The summed E-state index contributed by atoms with van der Waals surface area (Å²) in [5.41, 5.74) is 4.35. The molecule has 2 aliphatic rings. The fraction of sp³-hybridized carbons (Fsp3) is 0.348. The summed E-state index contributed by atoms with van der Waals surface area (Å²) in [4.78, 5) is 28.8. The van der Waals surface area contributed by atoms with Gasteiger partial charge in [-0.25, -0.2) is 0 Å². The number of H-pyrrole nitrogens is 1. The molecular weight excluding hydrogens is 398 g/mol. The minimum atomic E-state index is -0.210. The molecule has 7 heteroatoms. The van der Waals surface area contributed by atoms with Gasteiger partial charge in [0.2, 0.25) is 0 Å². The minimum absolute atomic E-state index is 0.0209. The summed E-state index contributed by atoms with van der Waals surface area (Å²) in [5, 5.41) is 3.47. The van der Waals surface area contributed by atoms with E-state index in [4.69, 9.17) is 17.0 Å². The number of ether oxygens (including phenoxy) is 1. The Labute approximate surface area is 178 Å². The van der Waals surface area contributed by atoms with Gasteiger partial charge in [0.05, 0.1) is 23.6 Å². The van der Waals surface area contributed by atoms with Crippen LogP contribution >= 0.6 is 12.2 Å². The van der Waals surface area contributed by atoms with Crippen LogP contribution in [0.1, 0.15) is 40.7 Å². The number of carbonyl (C=O) groups excluding carboxylic acids is 1. The zero-order chi connectivity index (χ0) is 20.7. The van der Waals surface area contributed by atoms with Crippen LogP contribution in [0.5, 0.6) is 0 Å². The molecular formula is C23H23N3O3S. The summed E-state index contributed by atoms with van der Waals surface area (Å²) in [5.74, 6) is -0.210. The van der Waals surface area contributed by atoms with E-state index in [1.165, 1.54) is 17.5 Å². The van der Waals surface area contributed by atoms with Gasteiger partial charge in [0.25, 0.3) is 11.5 Å². The second kappa shape index (κ2) is 7.81. The van der Waals surface area contributed by atoms with E-state index in [1.54, 1.807) is 22.8 Å². The van der Waals surface area contributed by atoms with Gasteiger partial charge in [-0.15, -0.1) is 0 Å². The fourth-order valence-corrected chi connectivity index (χ4v) is 4.67. The molecule has 1 amide bonds. The third-order valence-corrected chi connectivity index (χ3v) is 6.33. The molecule has 1 aliphatic heterocycles. The van der Waals surface area contributed by atoms with E-state index in [1.807, 2.05) is 6.07 Å². The largest absolute Gasteiger partial charge is 0.376 e. The lowest BCUT2D eigenvalue weighted by molar-refractivity contribution is 0.0957. The number of nitrogens with one attached hydrogen (secondary N) is 2. The van der Waals surface area contributed by atoms with Crippen molar-refractivity contribution < 1.29 is 9.53 Å². The van der Waals surface area contributed by atoms with E-state index in [0.29, 0.717) is 27.8 Å². The summed E-state index contributed by atoms with van der Waals surface area (Å²) in [7, 11) is 0. The Kier molecular flexibility index (Phi) is 5.00. The maximum absolute atomic E-state index is 12.9. The number of anilines is 1. The highest BCUT2D eigenvalue weighted by molar-refractivity contribution is 7.71. The zero-order valence-electron chi connectivity index (χ0n) is 16.6. The highest BCUT2D eigenvalue weighted by Crippen LogP contribution is 2.25. The van der Waals surface area contributed by atoms with Gasteiger partial charge in [0.15, 0.2) is 4.77 Å². The number of fused-ring (bicyclic) bond motifs is 2. The van der Waals surface area contributed by atoms with Gasteiger partial charge >= 0.3 is 0 Å². The van der Waals surface area contributed by atoms with Crippen molar-refractivity contribution in [3.8, 4) is 0 Å². The lowest BCUT2D eigenvalue weighted by Crippen LogP contribution is -2.28. The van der Waals surface area contributed by atoms with Crippen molar-refractivity contribution in [1.29, 1.82) is 0 Å². The average molecular weight is 422 g/mol. The van der Waals surface area contributed by atoms with E-state index in [2.05, 4.69) is 22.4 Å². The number of aromatic amines is 1. The summed E-state index contributed by atoms with van der Waals surface area (Å²) in [6, 6.07) is 11.1. The van der Waals surface area contributed by atoms with Crippen LogP contribution in [0.25, 0.3) is 10.9 Å². The number of rotatable bonds is 4. The first kappa shape index (κ1) is 19.2. The molecule has 2 N–H and O–H groups in total. The average Bonchev–Trinajstić information content (AvgIpc) is 3.42. The lowest BCUT2D eigenvalue weighted by Gasteiger charge is -2.13. The minimum Gasteiger partial charge on any atom is -0.376 e. The van der Waals surface area contributed by atoms with E-state index in [-0.39, 0.29) is 17.6 Å². The van der Waals surface area contributed by atoms with Crippen LogP contribution in [0.3, 0.4) is 0 Å². The molecule has 0 unspecified atom stereocenters. The Bertz CT molecular complexity index is 1250. The van der Waals surface area contributed by atoms with Crippen molar-refractivity contribution >= 4 is 34.7 Å². The molecule has 1 atom stereocenters. The third kappa shape index (κ3) is 3.59. The molecule has 3 aromatic rings. The van der Waals surface area contributed by atoms with Crippen LogP contribution in [0.15, 0.2) is 41.2 Å². The maximum atomic E-state index is 12.9. The summed E-state index contributed by atoms with van der Waals surface area (Å²) in [6.07, 6.45) is 5.29. The molecule has 0 bridgehead atoms. The molecule has 0 radical (unpaired) electrons. The van der Waals surface area contributed by atoms with Gasteiger partial charge in [-0.3, -0.25) is 14.2 Å². The van der Waals surface area contributed by atoms with Crippen LogP contribution in [-0.2, 0) is 24.1 Å². The van der Waals surface area contributed by atoms with Crippen LogP contribution in [0.2, 0.25) is 0 Å². The Morgan fingerprint density at radius 2 is 2.03 bits per heavy atom. The van der Waals surface area contributed by atoms with Crippen molar-refractivity contribution in [2.24, 2.45) is 0 Å². The predicted octanol–water partition coefficient (Wildman–Crippen LogP) is 3.98. The first-order valence-electron chi connectivity index (χ1n) is 10.4. The standard InChI is InChI=1S/C23H23N3O3S/c27-21(24-17-8-6-14-3-1-4-15(14)11-17)16-7-9-19-20(12-16)25-23(30)26(22(19)28)13-18-5-2-10-29-18/h6-9,11-12,18H,1-5,10,13H2,(H,24,27)(H,25,30)/t18-/m1/s1. The van der Waals surface area contributed by atoms with E-state index in [9.17, 15) is 9.59 Å². The SMILES string of the molecule is O=C(Nc1ccc2c(c1)CCC2)c1ccc2c(=O)n(C[C@H]3CCCO3)c(=S)[nH]c2c1. The highest BCUT2D eigenvalue weighted by Gasteiger charge is 2.19. The zero-order valence-corrected chi connectivity index (χ0v) is 17.4. The second-order valence-electron chi connectivity index (χ2n) is 8.03. The van der Waals surface area contributed by atoms with Crippen molar-refractivity contribution in [2.75, 3.05) is 11.9 Å². The number of benzene rings is 2. The van der Waals surface area contributed by atoms with Crippen LogP contribution in [-0.4, -0.2) is 28.2 Å². The Morgan fingerprint density at radius 1 is 1.17 bits per heavy atom. The van der Waals surface area contributed by atoms with Crippen LogP contribution < -0.4 is 10.9 Å². The molecule has 0 saturated carbocycles. The number of amides is 1. The number of hydrogen-bond donors (Lipinski definition) is 2. The molecule has 1 saturated heterocycles. The van der Waals surface area contributed by atoms with E-state index >= 15 is 0 Å². The molecule has 1 aromatic heterocycles. The van der Waals surface area contributed by atoms with Crippen LogP contribution in [0.4, 0.5) is 5.69 Å². The third-order valence-electron chi connectivity index (χ3n) is 6.01. The fourth-order valence-electron chi connectivity index (χ4n) is 4.41. The summed E-state index contributed by atoms with van der Waals surface area (Å²) >= 11 is 5.41. The number of aryl methyl sites for hydroxylation is 2. The summed E-state index contributed by atoms with van der Waals surface area (Å²) < 4.78 is 7.54. The number of carbonyl (C=O) groups is 1. The van der Waals surface area contributed by atoms with Crippen molar-refractivity contribution in [3.63, 3.8) is 0 Å². The van der Waals surface area contributed by atoms with Crippen molar-refractivity contribution in [3.05, 3.63) is 68.2 Å². The highest BCUT2D eigenvalue weighted by atomic mass is 32.1. The predicted molar refractivity (Wildman–Crippen MR) is 119 cm³/mol. The van der Waals surface area contributed by atoms with Crippen molar-refractivity contribution in [1.82, 2.24) is 9.55 Å². The lowest BCUT2D eigenvalue weighted by atomic mass is 10.1. The van der Waals surface area contributed by atoms with E-state index < -0.39 is 0 Å². The van der Waals surface area contributed by atoms with Gasteiger partial charge < -0.3 is 15.0 Å². The van der Waals surface area contributed by atoms with Gasteiger partial charge in [-0.05, 0) is 85.8 Å².